The molecule has 0 aliphatic heterocycles. The number of aryl methyl sites for hydroxylation is 1. The third-order valence-corrected chi connectivity index (χ3v) is 3.40. The fourth-order valence-corrected chi connectivity index (χ4v) is 2.25. The van der Waals surface area contributed by atoms with E-state index in [9.17, 15) is 4.79 Å². The first kappa shape index (κ1) is 21.8. The number of guanidine groups is 1. The quantitative estimate of drug-likeness (QED) is 0.251. The van der Waals surface area contributed by atoms with Crippen molar-refractivity contribution in [3.05, 3.63) is 54.1 Å². The van der Waals surface area contributed by atoms with Crippen molar-refractivity contribution in [2.75, 3.05) is 23.8 Å². The van der Waals surface area contributed by atoms with E-state index in [1.807, 2.05) is 30.3 Å². The molecule has 0 saturated heterocycles. The van der Waals surface area contributed by atoms with Gasteiger partial charge in [0.25, 0.3) is 0 Å². The summed E-state index contributed by atoms with van der Waals surface area (Å²) in [5, 5.41) is 5.78. The summed E-state index contributed by atoms with van der Waals surface area (Å²) in [7, 11) is 0. The number of hydrogen-bond acceptors (Lipinski definition) is 3. The second-order valence-corrected chi connectivity index (χ2v) is 5.50. The molecule has 0 heterocycles. The summed E-state index contributed by atoms with van der Waals surface area (Å²) in [6.07, 6.45) is 0.970. The van der Waals surface area contributed by atoms with E-state index >= 15 is 0 Å². The highest BCUT2D eigenvalue weighted by Gasteiger charge is 1.99. The van der Waals surface area contributed by atoms with Gasteiger partial charge in [-0.2, -0.15) is 0 Å². The maximum atomic E-state index is 11.1. The molecule has 0 aliphatic carbocycles. The van der Waals surface area contributed by atoms with Crippen molar-refractivity contribution in [3.8, 4) is 5.75 Å². The monoisotopic (exact) mass is 468 g/mol. The number of ether oxygens (including phenoxy) is 1. The number of halogens is 1. The molecule has 0 fully saturated rings. The standard InChI is InChI=1S/C19H24N4O2.HI/c1-3-15-6-4-7-16(12-15)23-19(20)21-10-11-25-18-9-5-8-17(13-18)22-14(2)24;/h4-9,12-13H,3,10-11H2,1-2H3,(H,22,24)(H3,20,21,23);1H. The molecule has 6 nitrogen and oxygen atoms in total. The number of nitrogens with two attached hydrogens (primary N) is 1. The topological polar surface area (TPSA) is 88.7 Å². The van der Waals surface area contributed by atoms with E-state index in [2.05, 4.69) is 28.6 Å². The summed E-state index contributed by atoms with van der Waals surface area (Å²) in [5.41, 5.74) is 8.75. The predicted octanol–water partition coefficient (Wildman–Crippen LogP) is 3.63. The predicted molar refractivity (Wildman–Crippen MR) is 118 cm³/mol. The van der Waals surface area contributed by atoms with Gasteiger partial charge in [-0.15, -0.1) is 24.0 Å². The van der Waals surface area contributed by atoms with E-state index in [4.69, 9.17) is 10.5 Å². The zero-order valence-corrected chi connectivity index (χ0v) is 17.3. The third-order valence-electron chi connectivity index (χ3n) is 3.40. The second kappa shape index (κ2) is 11.3. The lowest BCUT2D eigenvalue weighted by atomic mass is 10.1. The number of anilines is 2. The number of amides is 1. The molecule has 140 valence electrons. The lowest BCUT2D eigenvalue weighted by molar-refractivity contribution is -0.114. The molecule has 0 spiro atoms. The van der Waals surface area contributed by atoms with Crippen molar-refractivity contribution >= 4 is 47.2 Å². The van der Waals surface area contributed by atoms with Crippen LogP contribution in [0.4, 0.5) is 11.4 Å². The van der Waals surface area contributed by atoms with Gasteiger partial charge in [-0.25, -0.2) is 4.99 Å². The van der Waals surface area contributed by atoms with Crippen LogP contribution in [0.2, 0.25) is 0 Å². The Morgan fingerprint density at radius 1 is 1.12 bits per heavy atom. The minimum atomic E-state index is -0.118. The van der Waals surface area contributed by atoms with Crippen LogP contribution in [-0.2, 0) is 11.2 Å². The molecule has 0 radical (unpaired) electrons. The summed E-state index contributed by atoms with van der Waals surface area (Å²) in [6.45, 7) is 4.39. The van der Waals surface area contributed by atoms with Gasteiger partial charge in [0.1, 0.15) is 12.4 Å². The van der Waals surface area contributed by atoms with Crippen molar-refractivity contribution in [2.45, 2.75) is 20.3 Å². The van der Waals surface area contributed by atoms with Gasteiger partial charge in [0.15, 0.2) is 5.96 Å². The van der Waals surface area contributed by atoms with Gasteiger partial charge >= 0.3 is 0 Å². The Kier molecular flexibility index (Phi) is 9.50. The Morgan fingerprint density at radius 3 is 2.50 bits per heavy atom. The SMILES string of the molecule is CCc1cccc(NC(N)=NCCOc2cccc(NC(C)=O)c2)c1.I. The lowest BCUT2D eigenvalue weighted by Crippen LogP contribution is -2.23. The molecular weight excluding hydrogens is 443 g/mol. The molecule has 0 atom stereocenters. The molecule has 2 rings (SSSR count). The van der Waals surface area contributed by atoms with Crippen molar-refractivity contribution in [1.29, 1.82) is 0 Å². The summed E-state index contributed by atoms with van der Waals surface area (Å²) >= 11 is 0. The Hall–Kier alpha value is -2.29. The Labute approximate surface area is 171 Å². The molecule has 2 aromatic carbocycles. The van der Waals surface area contributed by atoms with E-state index in [0.29, 0.717) is 30.5 Å². The zero-order chi connectivity index (χ0) is 18.1. The number of hydrogen-bond donors (Lipinski definition) is 3. The number of rotatable bonds is 7. The van der Waals surface area contributed by atoms with Gasteiger partial charge < -0.3 is 21.1 Å². The summed E-state index contributed by atoms with van der Waals surface area (Å²) < 4.78 is 5.62. The highest BCUT2D eigenvalue weighted by atomic mass is 127. The highest BCUT2D eigenvalue weighted by Crippen LogP contribution is 2.17. The van der Waals surface area contributed by atoms with Gasteiger partial charge in [0, 0.05) is 24.4 Å². The van der Waals surface area contributed by atoms with Crippen molar-refractivity contribution in [3.63, 3.8) is 0 Å². The normalized spacial score (nSPS) is 10.6. The molecule has 7 heteroatoms. The van der Waals surface area contributed by atoms with Crippen LogP contribution in [0.1, 0.15) is 19.4 Å². The van der Waals surface area contributed by atoms with Gasteiger partial charge in [-0.3, -0.25) is 4.79 Å². The van der Waals surface area contributed by atoms with Crippen molar-refractivity contribution in [1.82, 2.24) is 0 Å². The molecule has 0 unspecified atom stereocenters. The first-order valence-electron chi connectivity index (χ1n) is 8.23. The smallest absolute Gasteiger partial charge is 0.221 e. The number of carbonyl (C=O) groups excluding carboxylic acids is 1. The molecule has 0 saturated carbocycles. The van der Waals surface area contributed by atoms with E-state index in [1.54, 1.807) is 12.1 Å². The highest BCUT2D eigenvalue weighted by molar-refractivity contribution is 14.0. The molecule has 4 N–H and O–H groups in total. The first-order chi connectivity index (χ1) is 12.1. The maximum absolute atomic E-state index is 11.1. The minimum Gasteiger partial charge on any atom is -0.492 e. The molecule has 1 amide bonds. The summed E-state index contributed by atoms with van der Waals surface area (Å²) in [5.74, 6) is 0.903. The van der Waals surface area contributed by atoms with E-state index in [-0.39, 0.29) is 29.9 Å². The van der Waals surface area contributed by atoms with Gasteiger partial charge in [-0.1, -0.05) is 25.1 Å². The molecule has 0 aromatic heterocycles. The van der Waals surface area contributed by atoms with Crippen molar-refractivity contribution < 1.29 is 9.53 Å². The van der Waals surface area contributed by atoms with Gasteiger partial charge in [0.2, 0.25) is 5.91 Å². The van der Waals surface area contributed by atoms with E-state index in [1.165, 1.54) is 12.5 Å². The fourth-order valence-electron chi connectivity index (χ4n) is 2.25. The molecule has 26 heavy (non-hydrogen) atoms. The zero-order valence-electron chi connectivity index (χ0n) is 15.0. The second-order valence-electron chi connectivity index (χ2n) is 5.50. The molecule has 0 bridgehead atoms. The number of nitrogens with zero attached hydrogens (tertiary/aromatic N) is 1. The van der Waals surface area contributed by atoms with Gasteiger partial charge in [-0.05, 0) is 36.2 Å². The largest absolute Gasteiger partial charge is 0.492 e. The first-order valence-corrected chi connectivity index (χ1v) is 8.23. The van der Waals surface area contributed by atoms with Crippen LogP contribution in [0.25, 0.3) is 0 Å². The summed E-state index contributed by atoms with van der Waals surface area (Å²) in [6, 6.07) is 15.3. The Morgan fingerprint density at radius 2 is 1.81 bits per heavy atom. The molecular formula is C19H25IN4O2. The number of benzene rings is 2. The van der Waals surface area contributed by atoms with Crippen molar-refractivity contribution in [2.24, 2.45) is 10.7 Å². The van der Waals surface area contributed by atoms with E-state index in [0.717, 1.165) is 12.1 Å². The van der Waals surface area contributed by atoms with Crippen LogP contribution in [0.5, 0.6) is 5.75 Å². The van der Waals surface area contributed by atoms with Crippen LogP contribution in [-0.4, -0.2) is 25.0 Å². The number of nitrogens with one attached hydrogen (secondary N) is 2. The maximum Gasteiger partial charge on any atom is 0.221 e. The molecule has 0 aliphatic rings. The average molecular weight is 468 g/mol. The van der Waals surface area contributed by atoms with Crippen LogP contribution >= 0.6 is 24.0 Å². The summed E-state index contributed by atoms with van der Waals surface area (Å²) in [4.78, 5) is 15.3. The van der Waals surface area contributed by atoms with E-state index < -0.39 is 0 Å². The fraction of sp³-hybridized carbons (Fsp3) is 0.263. The Balaban J connectivity index is 0.00000338. The number of aliphatic imine (C=N–C) groups is 1. The lowest BCUT2D eigenvalue weighted by Gasteiger charge is -2.09. The van der Waals surface area contributed by atoms with Crippen LogP contribution in [0.3, 0.4) is 0 Å². The Bertz CT molecular complexity index is 750. The molecule has 2 aromatic rings. The van der Waals surface area contributed by atoms with Crippen LogP contribution in [0.15, 0.2) is 53.5 Å². The van der Waals surface area contributed by atoms with Gasteiger partial charge in [0.05, 0.1) is 6.54 Å². The minimum absolute atomic E-state index is 0. The number of carbonyl (C=O) groups is 1. The average Bonchev–Trinajstić information content (AvgIpc) is 2.59. The third kappa shape index (κ3) is 7.73. The van der Waals surface area contributed by atoms with Crippen LogP contribution in [0, 0.1) is 0 Å². The van der Waals surface area contributed by atoms with Crippen LogP contribution < -0.4 is 21.1 Å².